The monoisotopic (exact) mass is 319 g/mol. The number of imide groups is 2. The van der Waals surface area contributed by atoms with Crippen molar-refractivity contribution in [2.45, 2.75) is 6.92 Å². The van der Waals surface area contributed by atoms with Crippen molar-refractivity contribution >= 4 is 23.7 Å². The molecule has 0 unspecified atom stereocenters. The summed E-state index contributed by atoms with van der Waals surface area (Å²) in [7, 11) is 0. The van der Waals surface area contributed by atoms with Gasteiger partial charge in [-0.15, -0.1) is 0 Å². The zero-order chi connectivity index (χ0) is 16.4. The Kier molecular flexibility index (Phi) is 4.24. The quantitative estimate of drug-likeness (QED) is 0.513. The highest BCUT2D eigenvalue weighted by Crippen LogP contribution is 2.10. The third-order valence-electron chi connectivity index (χ3n) is 4.34. The van der Waals surface area contributed by atoms with Crippen molar-refractivity contribution in [1.82, 2.24) is 9.80 Å². The number of nitrogens with zero attached hydrogens (tertiary/aromatic N) is 3. The van der Waals surface area contributed by atoms with E-state index < -0.39 is 17.8 Å². The molecule has 0 atom stereocenters. The summed E-state index contributed by atoms with van der Waals surface area (Å²) >= 11 is 0. The standard InChI is InChI=1S/C15H19N5O3/c1-2-19-13(21)14(22)20(15(19)23)11-17-7-9-18(10-8-17)12-5-3-4-6-16-12/h3-6H,2,7-11H2,1H3/p+2. The molecule has 2 fully saturated rings. The average molecular weight is 319 g/mol. The molecular formula is C15H21N5O3+2. The first-order valence-corrected chi connectivity index (χ1v) is 7.84. The lowest BCUT2D eigenvalue weighted by Gasteiger charge is -2.29. The largest absolute Gasteiger partial charge is 0.338 e. The number of carbonyl (C=O) groups is 3. The topological polar surface area (TPSA) is 79.5 Å². The highest BCUT2D eigenvalue weighted by Gasteiger charge is 2.45. The molecule has 2 aliphatic rings. The number of amides is 4. The summed E-state index contributed by atoms with van der Waals surface area (Å²) in [6, 6.07) is 5.45. The number of nitrogens with one attached hydrogen (secondary N) is 2. The molecule has 1 aromatic heterocycles. The van der Waals surface area contributed by atoms with Gasteiger partial charge in [0.25, 0.3) is 5.82 Å². The van der Waals surface area contributed by atoms with Crippen LogP contribution in [0, 0.1) is 0 Å². The lowest BCUT2D eigenvalue weighted by atomic mass is 10.3. The minimum Gasteiger partial charge on any atom is -0.311 e. The molecule has 0 bridgehead atoms. The third-order valence-corrected chi connectivity index (χ3v) is 4.34. The molecule has 0 spiro atoms. The molecule has 0 radical (unpaired) electrons. The van der Waals surface area contributed by atoms with Crippen LogP contribution in [0.2, 0.25) is 0 Å². The Labute approximate surface area is 134 Å². The van der Waals surface area contributed by atoms with Crippen molar-refractivity contribution in [2.75, 3.05) is 44.3 Å². The van der Waals surface area contributed by atoms with Crippen LogP contribution in [0.3, 0.4) is 0 Å². The number of quaternary nitrogens is 1. The van der Waals surface area contributed by atoms with E-state index in [0.717, 1.165) is 46.7 Å². The van der Waals surface area contributed by atoms with E-state index in [9.17, 15) is 14.4 Å². The van der Waals surface area contributed by atoms with Crippen LogP contribution in [0.5, 0.6) is 0 Å². The van der Waals surface area contributed by atoms with Gasteiger partial charge in [-0.25, -0.2) is 14.7 Å². The molecule has 8 nitrogen and oxygen atoms in total. The summed E-state index contributed by atoms with van der Waals surface area (Å²) in [6.45, 7) is 5.45. The first-order valence-electron chi connectivity index (χ1n) is 7.84. The first-order chi connectivity index (χ1) is 11.1. The van der Waals surface area contributed by atoms with Crippen LogP contribution in [0.15, 0.2) is 24.4 Å². The maximum Gasteiger partial charge on any atom is 0.338 e. The number of urea groups is 1. The SMILES string of the molecule is CCN1C(=O)C(=O)N(C[NH+]2CCN(c3cccc[nH+]3)CC2)C1=O. The fourth-order valence-corrected chi connectivity index (χ4v) is 2.99. The van der Waals surface area contributed by atoms with Gasteiger partial charge in [-0.05, 0) is 13.0 Å². The van der Waals surface area contributed by atoms with Crippen molar-refractivity contribution in [1.29, 1.82) is 0 Å². The summed E-state index contributed by atoms with van der Waals surface area (Å²) in [6.07, 6.45) is 1.89. The van der Waals surface area contributed by atoms with Crippen LogP contribution in [0.25, 0.3) is 0 Å². The van der Waals surface area contributed by atoms with Gasteiger partial charge in [-0.3, -0.25) is 19.4 Å². The minimum atomic E-state index is -0.713. The summed E-state index contributed by atoms with van der Waals surface area (Å²) < 4.78 is 0. The number of anilines is 1. The number of aromatic amines is 1. The fourth-order valence-electron chi connectivity index (χ4n) is 2.99. The molecular weight excluding hydrogens is 298 g/mol. The predicted molar refractivity (Wildman–Crippen MR) is 80.4 cm³/mol. The Morgan fingerprint density at radius 1 is 1.09 bits per heavy atom. The molecule has 2 aliphatic heterocycles. The maximum absolute atomic E-state index is 12.1. The van der Waals surface area contributed by atoms with Gasteiger partial charge >= 0.3 is 17.8 Å². The zero-order valence-electron chi connectivity index (χ0n) is 13.1. The van der Waals surface area contributed by atoms with Crippen LogP contribution in [-0.2, 0) is 9.59 Å². The summed E-state index contributed by atoms with van der Waals surface area (Å²) in [5.41, 5.74) is 0. The van der Waals surface area contributed by atoms with Gasteiger partial charge in [-0.1, -0.05) is 6.07 Å². The molecule has 2 saturated heterocycles. The number of piperazine rings is 1. The lowest BCUT2D eigenvalue weighted by Crippen LogP contribution is -3.16. The van der Waals surface area contributed by atoms with Crippen molar-refractivity contribution in [3.63, 3.8) is 0 Å². The molecule has 0 aliphatic carbocycles. The van der Waals surface area contributed by atoms with Crippen LogP contribution in [0.4, 0.5) is 10.6 Å². The first kappa shape index (κ1) is 15.4. The van der Waals surface area contributed by atoms with Gasteiger partial charge in [0.05, 0.1) is 6.20 Å². The van der Waals surface area contributed by atoms with Gasteiger partial charge < -0.3 is 4.90 Å². The Bertz CT molecular complexity index is 613. The number of rotatable bonds is 4. The fraction of sp³-hybridized carbons (Fsp3) is 0.467. The second kappa shape index (κ2) is 6.33. The second-order valence-corrected chi connectivity index (χ2v) is 5.71. The van der Waals surface area contributed by atoms with Gasteiger partial charge in [0.1, 0.15) is 26.2 Å². The summed E-state index contributed by atoms with van der Waals surface area (Å²) in [5, 5.41) is 0. The van der Waals surface area contributed by atoms with Gasteiger partial charge in [0.2, 0.25) is 0 Å². The Morgan fingerprint density at radius 2 is 1.78 bits per heavy atom. The summed E-state index contributed by atoms with van der Waals surface area (Å²) in [5.74, 6) is -0.357. The van der Waals surface area contributed by atoms with E-state index in [1.807, 2.05) is 24.4 Å². The molecule has 1 aromatic rings. The minimum absolute atomic E-state index is 0.229. The van der Waals surface area contributed by atoms with Crippen LogP contribution >= 0.6 is 0 Å². The van der Waals surface area contributed by atoms with Crippen LogP contribution in [0.1, 0.15) is 6.92 Å². The van der Waals surface area contributed by atoms with E-state index in [-0.39, 0.29) is 13.2 Å². The molecule has 3 heterocycles. The summed E-state index contributed by atoms with van der Waals surface area (Å²) in [4.78, 5) is 44.4. The second-order valence-electron chi connectivity index (χ2n) is 5.71. The smallest absolute Gasteiger partial charge is 0.311 e. The molecule has 4 amide bonds. The van der Waals surface area contributed by atoms with Crippen molar-refractivity contribution in [3.8, 4) is 0 Å². The Hall–Kier alpha value is -2.48. The number of likely N-dealkylation sites (N-methyl/N-ethyl adjacent to an activating group) is 1. The van der Waals surface area contributed by atoms with Crippen molar-refractivity contribution < 1.29 is 24.3 Å². The van der Waals surface area contributed by atoms with E-state index in [1.54, 1.807) is 6.92 Å². The highest BCUT2D eigenvalue weighted by atomic mass is 16.2. The van der Waals surface area contributed by atoms with E-state index in [2.05, 4.69) is 9.88 Å². The molecule has 122 valence electrons. The number of carbonyl (C=O) groups excluding carboxylic acids is 3. The maximum atomic E-state index is 12.1. The normalized spacial score (nSPS) is 19.9. The number of aromatic nitrogens is 1. The Morgan fingerprint density at radius 3 is 2.35 bits per heavy atom. The van der Waals surface area contributed by atoms with Gasteiger partial charge in [0, 0.05) is 12.6 Å². The van der Waals surface area contributed by atoms with Crippen molar-refractivity contribution in [2.24, 2.45) is 0 Å². The van der Waals surface area contributed by atoms with Crippen LogP contribution in [-0.4, -0.2) is 67.0 Å². The van der Waals surface area contributed by atoms with Gasteiger partial charge in [0.15, 0.2) is 6.67 Å². The Balaban J connectivity index is 1.58. The highest BCUT2D eigenvalue weighted by molar-refractivity contribution is 6.44. The molecule has 2 N–H and O–H groups in total. The molecule has 0 aromatic carbocycles. The number of hydrogen-bond acceptors (Lipinski definition) is 4. The number of H-pyrrole nitrogens is 1. The van der Waals surface area contributed by atoms with E-state index >= 15 is 0 Å². The molecule has 0 saturated carbocycles. The van der Waals surface area contributed by atoms with E-state index in [0.29, 0.717) is 0 Å². The average Bonchev–Trinajstić information content (AvgIpc) is 2.79. The molecule has 23 heavy (non-hydrogen) atoms. The lowest BCUT2D eigenvalue weighted by molar-refractivity contribution is -0.908. The third kappa shape index (κ3) is 2.89. The number of pyridine rings is 1. The van der Waals surface area contributed by atoms with Crippen molar-refractivity contribution in [3.05, 3.63) is 24.4 Å². The van der Waals surface area contributed by atoms with E-state index in [4.69, 9.17) is 0 Å². The predicted octanol–water partition coefficient (Wildman–Crippen LogP) is -2.03. The molecule has 3 rings (SSSR count). The van der Waals surface area contributed by atoms with Gasteiger partial charge in [-0.2, -0.15) is 0 Å². The number of hydrogen-bond donors (Lipinski definition) is 1. The zero-order valence-corrected chi connectivity index (χ0v) is 13.1. The van der Waals surface area contributed by atoms with E-state index in [1.165, 1.54) is 0 Å². The van der Waals surface area contributed by atoms with Crippen LogP contribution < -0.4 is 14.8 Å². The molecule has 8 heteroatoms.